The van der Waals surface area contributed by atoms with Crippen LogP contribution in [-0.4, -0.2) is 17.8 Å². The van der Waals surface area contributed by atoms with Gasteiger partial charge < -0.3 is 10.4 Å². The van der Waals surface area contributed by atoms with Crippen molar-refractivity contribution in [2.24, 2.45) is 0 Å². The smallest absolute Gasteiger partial charge is 0.0549 e. The third kappa shape index (κ3) is 4.64. The molecule has 0 radical (unpaired) electrons. The topological polar surface area (TPSA) is 32.3 Å². The molecular formula is C13H20BrNO. The van der Waals surface area contributed by atoms with Gasteiger partial charge in [-0.1, -0.05) is 35.0 Å². The van der Waals surface area contributed by atoms with Crippen LogP contribution in [0.25, 0.3) is 0 Å². The Bertz CT molecular complexity index is 328. The molecule has 3 heteroatoms. The quantitative estimate of drug-likeness (QED) is 0.788. The summed E-state index contributed by atoms with van der Waals surface area (Å²) in [5.74, 6) is 0. The highest BCUT2D eigenvalue weighted by Gasteiger charge is 2.01. The molecule has 0 bridgehead atoms. The van der Waals surface area contributed by atoms with Gasteiger partial charge in [0.05, 0.1) is 6.10 Å². The molecular weight excluding hydrogens is 266 g/mol. The lowest BCUT2D eigenvalue weighted by atomic mass is 10.1. The number of nitrogens with one attached hydrogen (secondary N) is 1. The third-order valence-corrected chi connectivity index (χ3v) is 3.39. The molecule has 1 aromatic carbocycles. The highest BCUT2D eigenvalue weighted by atomic mass is 79.9. The standard InChI is InChI=1S/C13H20BrNO/c1-3-12(16)6-7-15-9-11-5-4-10(2)8-13(11)14/h4-5,8,12,15-16H,3,6-7,9H2,1-2H3. The van der Waals surface area contributed by atoms with Gasteiger partial charge in [-0.05, 0) is 43.5 Å². The fraction of sp³-hybridized carbons (Fsp3) is 0.538. The predicted molar refractivity (Wildman–Crippen MR) is 71.5 cm³/mol. The Hall–Kier alpha value is -0.380. The van der Waals surface area contributed by atoms with Gasteiger partial charge >= 0.3 is 0 Å². The molecule has 0 heterocycles. The van der Waals surface area contributed by atoms with Crippen LogP contribution < -0.4 is 5.32 Å². The minimum absolute atomic E-state index is 0.172. The minimum Gasteiger partial charge on any atom is -0.393 e. The van der Waals surface area contributed by atoms with Gasteiger partial charge in [-0.25, -0.2) is 0 Å². The number of hydrogen-bond acceptors (Lipinski definition) is 2. The highest BCUT2D eigenvalue weighted by molar-refractivity contribution is 9.10. The van der Waals surface area contributed by atoms with Crippen LogP contribution in [0.1, 0.15) is 30.9 Å². The third-order valence-electron chi connectivity index (χ3n) is 2.65. The van der Waals surface area contributed by atoms with Crippen LogP contribution in [0.2, 0.25) is 0 Å². The maximum Gasteiger partial charge on any atom is 0.0549 e. The highest BCUT2D eigenvalue weighted by Crippen LogP contribution is 2.17. The van der Waals surface area contributed by atoms with Crippen molar-refractivity contribution in [3.05, 3.63) is 33.8 Å². The van der Waals surface area contributed by atoms with Gasteiger partial charge in [0.1, 0.15) is 0 Å². The number of aliphatic hydroxyl groups is 1. The summed E-state index contributed by atoms with van der Waals surface area (Å²) < 4.78 is 1.15. The van der Waals surface area contributed by atoms with Crippen LogP contribution in [0.3, 0.4) is 0 Å². The Kier molecular flexibility index (Phi) is 6.03. The normalized spacial score (nSPS) is 12.8. The summed E-state index contributed by atoms with van der Waals surface area (Å²) in [6.07, 6.45) is 1.48. The number of aryl methyl sites for hydroxylation is 1. The first kappa shape index (κ1) is 13.7. The van der Waals surface area contributed by atoms with Gasteiger partial charge in [0.25, 0.3) is 0 Å². The van der Waals surface area contributed by atoms with Crippen molar-refractivity contribution in [1.29, 1.82) is 0 Å². The van der Waals surface area contributed by atoms with Gasteiger partial charge in [0, 0.05) is 11.0 Å². The zero-order chi connectivity index (χ0) is 12.0. The summed E-state index contributed by atoms with van der Waals surface area (Å²) in [4.78, 5) is 0. The lowest BCUT2D eigenvalue weighted by molar-refractivity contribution is 0.159. The van der Waals surface area contributed by atoms with Crippen LogP contribution in [0, 0.1) is 6.92 Å². The number of benzene rings is 1. The summed E-state index contributed by atoms with van der Waals surface area (Å²) in [5, 5.41) is 12.7. The molecule has 0 aromatic heterocycles. The van der Waals surface area contributed by atoms with Crippen LogP contribution >= 0.6 is 15.9 Å². The molecule has 2 nitrogen and oxygen atoms in total. The van der Waals surface area contributed by atoms with E-state index in [1.54, 1.807) is 0 Å². The van der Waals surface area contributed by atoms with Gasteiger partial charge in [-0.15, -0.1) is 0 Å². The molecule has 0 saturated heterocycles. The average Bonchev–Trinajstić information content (AvgIpc) is 2.26. The van der Waals surface area contributed by atoms with Crippen molar-refractivity contribution in [2.45, 2.75) is 39.3 Å². The summed E-state index contributed by atoms with van der Waals surface area (Å²) in [6.45, 7) is 5.79. The maximum atomic E-state index is 9.40. The molecule has 0 aliphatic carbocycles. The molecule has 1 unspecified atom stereocenters. The SMILES string of the molecule is CCC(O)CCNCc1ccc(C)cc1Br. The maximum absolute atomic E-state index is 9.40. The Morgan fingerprint density at radius 1 is 1.44 bits per heavy atom. The number of hydrogen-bond donors (Lipinski definition) is 2. The van der Waals surface area contributed by atoms with Gasteiger partial charge in [-0.2, -0.15) is 0 Å². The molecule has 0 aliphatic rings. The second kappa shape index (κ2) is 7.05. The lowest BCUT2D eigenvalue weighted by Gasteiger charge is -2.10. The molecule has 90 valence electrons. The second-order valence-electron chi connectivity index (χ2n) is 4.12. The first-order chi connectivity index (χ1) is 7.63. The minimum atomic E-state index is -0.172. The molecule has 2 N–H and O–H groups in total. The zero-order valence-electron chi connectivity index (χ0n) is 9.96. The van der Waals surface area contributed by atoms with E-state index in [2.05, 4.69) is 46.4 Å². The fourth-order valence-electron chi connectivity index (χ4n) is 1.49. The van der Waals surface area contributed by atoms with Crippen LogP contribution in [0.5, 0.6) is 0 Å². The molecule has 1 atom stereocenters. The first-order valence-electron chi connectivity index (χ1n) is 5.77. The van der Waals surface area contributed by atoms with E-state index in [1.165, 1.54) is 11.1 Å². The molecule has 0 fully saturated rings. The van der Waals surface area contributed by atoms with E-state index in [0.717, 1.165) is 30.4 Å². The van der Waals surface area contributed by atoms with Crippen molar-refractivity contribution in [3.63, 3.8) is 0 Å². The first-order valence-corrected chi connectivity index (χ1v) is 6.56. The van der Waals surface area contributed by atoms with E-state index in [4.69, 9.17) is 0 Å². The largest absolute Gasteiger partial charge is 0.393 e. The van der Waals surface area contributed by atoms with E-state index in [0.29, 0.717) is 0 Å². The Morgan fingerprint density at radius 3 is 2.81 bits per heavy atom. The number of rotatable bonds is 6. The summed E-state index contributed by atoms with van der Waals surface area (Å²) in [7, 11) is 0. The van der Waals surface area contributed by atoms with E-state index >= 15 is 0 Å². The van der Waals surface area contributed by atoms with Crippen molar-refractivity contribution >= 4 is 15.9 Å². The Morgan fingerprint density at radius 2 is 2.19 bits per heavy atom. The van der Waals surface area contributed by atoms with Crippen LogP contribution in [0.15, 0.2) is 22.7 Å². The molecule has 1 rings (SSSR count). The van der Waals surface area contributed by atoms with E-state index < -0.39 is 0 Å². The average molecular weight is 286 g/mol. The molecule has 0 amide bonds. The van der Waals surface area contributed by atoms with Crippen molar-refractivity contribution in [2.75, 3.05) is 6.54 Å². The van der Waals surface area contributed by atoms with Crippen LogP contribution in [-0.2, 0) is 6.54 Å². The monoisotopic (exact) mass is 285 g/mol. The molecule has 0 saturated carbocycles. The van der Waals surface area contributed by atoms with Crippen LogP contribution in [0.4, 0.5) is 0 Å². The van der Waals surface area contributed by atoms with E-state index in [9.17, 15) is 5.11 Å². The molecule has 0 aliphatic heterocycles. The van der Waals surface area contributed by atoms with E-state index in [1.807, 2.05) is 6.92 Å². The Balaban J connectivity index is 2.32. The van der Waals surface area contributed by atoms with Gasteiger partial charge in [0.15, 0.2) is 0 Å². The van der Waals surface area contributed by atoms with Crippen molar-refractivity contribution in [3.8, 4) is 0 Å². The second-order valence-corrected chi connectivity index (χ2v) is 4.98. The van der Waals surface area contributed by atoms with E-state index in [-0.39, 0.29) is 6.10 Å². The van der Waals surface area contributed by atoms with Gasteiger partial charge in [-0.3, -0.25) is 0 Å². The zero-order valence-corrected chi connectivity index (χ0v) is 11.5. The predicted octanol–water partition coefficient (Wildman–Crippen LogP) is 3.01. The summed E-state index contributed by atoms with van der Waals surface area (Å²) in [6, 6.07) is 6.36. The molecule has 1 aromatic rings. The fourth-order valence-corrected chi connectivity index (χ4v) is 2.12. The number of halogens is 1. The van der Waals surface area contributed by atoms with Gasteiger partial charge in [0.2, 0.25) is 0 Å². The Labute approximate surface area is 106 Å². The van der Waals surface area contributed by atoms with Crippen molar-refractivity contribution in [1.82, 2.24) is 5.32 Å². The number of aliphatic hydroxyl groups excluding tert-OH is 1. The molecule has 0 spiro atoms. The lowest BCUT2D eigenvalue weighted by Crippen LogP contribution is -2.19. The summed E-state index contributed by atoms with van der Waals surface area (Å²) >= 11 is 3.55. The van der Waals surface area contributed by atoms with Crippen molar-refractivity contribution < 1.29 is 5.11 Å². The summed E-state index contributed by atoms with van der Waals surface area (Å²) in [5.41, 5.74) is 2.52. The molecule has 16 heavy (non-hydrogen) atoms.